The summed E-state index contributed by atoms with van der Waals surface area (Å²) in [6.45, 7) is 10.1. The molecule has 0 aliphatic rings. The highest BCUT2D eigenvalue weighted by Gasteiger charge is 2.19. The van der Waals surface area contributed by atoms with Crippen LogP contribution in [0.5, 0.6) is 0 Å². The van der Waals surface area contributed by atoms with E-state index in [1.54, 1.807) is 6.26 Å². The highest BCUT2D eigenvalue weighted by atomic mass is 16.5. The Morgan fingerprint density at radius 3 is 2.74 bits per heavy atom. The zero-order valence-electron chi connectivity index (χ0n) is 15.2. The van der Waals surface area contributed by atoms with Gasteiger partial charge in [0.2, 0.25) is 0 Å². The summed E-state index contributed by atoms with van der Waals surface area (Å²) >= 11 is 0. The number of likely N-dealkylation sites (N-methyl/N-ethyl adjacent to an activating group) is 1. The third-order valence-electron chi connectivity index (χ3n) is 3.76. The first-order valence-electron chi connectivity index (χ1n) is 8.25. The Hall–Kier alpha value is -1.53. The summed E-state index contributed by atoms with van der Waals surface area (Å²) in [4.78, 5) is 6.84. The van der Waals surface area contributed by atoms with Crippen molar-refractivity contribution < 1.29 is 9.15 Å². The summed E-state index contributed by atoms with van der Waals surface area (Å²) in [5, 5.41) is 6.61. The molecule has 132 valence electrons. The first-order valence-corrected chi connectivity index (χ1v) is 8.25. The molecule has 0 atom stereocenters. The average molecular weight is 324 g/mol. The maximum Gasteiger partial charge on any atom is 0.191 e. The van der Waals surface area contributed by atoms with Gasteiger partial charge in [-0.05, 0) is 53.4 Å². The number of hydrogen-bond acceptors (Lipinski definition) is 4. The molecule has 0 saturated carbocycles. The molecule has 0 amide bonds. The molecule has 0 spiro atoms. The molecule has 0 radical (unpaired) electrons. The van der Waals surface area contributed by atoms with Crippen molar-refractivity contribution in [3.63, 3.8) is 0 Å². The molecule has 0 aliphatic heterocycles. The summed E-state index contributed by atoms with van der Waals surface area (Å²) in [6.07, 6.45) is 2.58. The predicted octanol–water partition coefficient (Wildman–Crippen LogP) is 2.08. The minimum Gasteiger partial charge on any atom is -0.467 e. The molecule has 23 heavy (non-hydrogen) atoms. The van der Waals surface area contributed by atoms with E-state index in [-0.39, 0.29) is 5.54 Å². The fourth-order valence-corrected chi connectivity index (χ4v) is 1.70. The molecule has 1 heterocycles. The lowest BCUT2D eigenvalue weighted by molar-refractivity contribution is 0.105. The molecule has 2 N–H and O–H groups in total. The van der Waals surface area contributed by atoms with E-state index in [1.165, 1.54) is 0 Å². The molecule has 1 aromatic rings. The predicted molar refractivity (Wildman–Crippen MR) is 94.7 cm³/mol. The molecule has 0 aromatic carbocycles. The Bertz CT molecular complexity index is 441. The summed E-state index contributed by atoms with van der Waals surface area (Å²) in [5.41, 5.74) is 0.0362. The van der Waals surface area contributed by atoms with Crippen LogP contribution in [0, 0.1) is 0 Å². The fraction of sp³-hybridized carbons (Fsp3) is 0.706. The first kappa shape index (κ1) is 19.5. The van der Waals surface area contributed by atoms with Crippen molar-refractivity contribution in [1.82, 2.24) is 15.5 Å². The molecule has 0 bridgehead atoms. The first-order chi connectivity index (χ1) is 11.0. The topological polar surface area (TPSA) is 62.0 Å². The number of nitrogens with zero attached hydrogens (tertiary/aromatic N) is 2. The van der Waals surface area contributed by atoms with Crippen molar-refractivity contribution in [2.75, 3.05) is 40.3 Å². The van der Waals surface area contributed by atoms with E-state index in [0.717, 1.165) is 37.8 Å². The van der Waals surface area contributed by atoms with Gasteiger partial charge in [-0.25, -0.2) is 0 Å². The quantitative estimate of drug-likeness (QED) is 0.392. The number of guanidine groups is 1. The second-order valence-corrected chi connectivity index (χ2v) is 6.31. The normalized spacial score (nSPS) is 12.7. The third-order valence-corrected chi connectivity index (χ3v) is 3.76. The van der Waals surface area contributed by atoms with E-state index >= 15 is 0 Å². The number of hydrogen-bond donors (Lipinski definition) is 2. The summed E-state index contributed by atoms with van der Waals surface area (Å²) in [6, 6.07) is 3.79. The minimum absolute atomic E-state index is 0.0362. The van der Waals surface area contributed by atoms with Gasteiger partial charge in [-0.15, -0.1) is 0 Å². The van der Waals surface area contributed by atoms with E-state index < -0.39 is 0 Å². The number of ether oxygens (including phenoxy) is 1. The van der Waals surface area contributed by atoms with Gasteiger partial charge in [0.25, 0.3) is 0 Å². The Morgan fingerprint density at radius 1 is 1.35 bits per heavy atom. The molecule has 1 rings (SSSR count). The van der Waals surface area contributed by atoms with Crippen LogP contribution in [0.25, 0.3) is 0 Å². The van der Waals surface area contributed by atoms with Crippen LogP contribution in [0.2, 0.25) is 0 Å². The van der Waals surface area contributed by atoms with Gasteiger partial charge in [0.15, 0.2) is 5.96 Å². The van der Waals surface area contributed by atoms with E-state index in [9.17, 15) is 0 Å². The van der Waals surface area contributed by atoms with Gasteiger partial charge in [0.1, 0.15) is 12.4 Å². The third kappa shape index (κ3) is 8.04. The van der Waals surface area contributed by atoms with Gasteiger partial charge in [0, 0.05) is 25.2 Å². The van der Waals surface area contributed by atoms with E-state index in [0.29, 0.717) is 13.2 Å². The fourth-order valence-electron chi connectivity index (χ4n) is 1.70. The Labute approximate surface area is 140 Å². The summed E-state index contributed by atoms with van der Waals surface area (Å²) in [5.74, 6) is 1.72. The zero-order chi connectivity index (χ0) is 17.1. The number of aliphatic imine (C=N–C) groups is 1. The Kier molecular flexibility index (Phi) is 8.73. The van der Waals surface area contributed by atoms with Crippen molar-refractivity contribution in [3.05, 3.63) is 24.2 Å². The van der Waals surface area contributed by atoms with Gasteiger partial charge < -0.3 is 24.7 Å². The van der Waals surface area contributed by atoms with Gasteiger partial charge >= 0.3 is 0 Å². The second kappa shape index (κ2) is 10.3. The molecule has 6 nitrogen and oxygen atoms in total. The van der Waals surface area contributed by atoms with Crippen LogP contribution >= 0.6 is 0 Å². The number of furan rings is 1. The zero-order valence-corrected chi connectivity index (χ0v) is 15.2. The molecule has 6 heteroatoms. The highest BCUT2D eigenvalue weighted by Crippen LogP contribution is 2.09. The lowest BCUT2D eigenvalue weighted by Gasteiger charge is -2.31. The summed E-state index contributed by atoms with van der Waals surface area (Å²) < 4.78 is 10.8. The van der Waals surface area contributed by atoms with Crippen molar-refractivity contribution >= 4 is 5.96 Å². The molecule has 0 fully saturated rings. The number of rotatable bonds is 10. The van der Waals surface area contributed by atoms with Crippen LogP contribution in [-0.4, -0.2) is 56.7 Å². The van der Waals surface area contributed by atoms with E-state index in [4.69, 9.17) is 9.15 Å². The molecule has 0 unspecified atom stereocenters. The number of nitrogens with one attached hydrogen (secondary N) is 2. The van der Waals surface area contributed by atoms with E-state index in [1.807, 2.05) is 12.1 Å². The van der Waals surface area contributed by atoms with Crippen LogP contribution in [0.3, 0.4) is 0 Å². The van der Waals surface area contributed by atoms with Crippen molar-refractivity contribution in [2.45, 2.75) is 39.3 Å². The van der Waals surface area contributed by atoms with Crippen molar-refractivity contribution in [2.24, 2.45) is 4.99 Å². The van der Waals surface area contributed by atoms with Crippen molar-refractivity contribution in [1.29, 1.82) is 0 Å². The second-order valence-electron chi connectivity index (χ2n) is 6.31. The Balaban J connectivity index is 2.24. The maximum atomic E-state index is 5.56. The van der Waals surface area contributed by atoms with E-state index in [2.05, 4.69) is 55.4 Å². The largest absolute Gasteiger partial charge is 0.467 e. The summed E-state index contributed by atoms with van der Waals surface area (Å²) in [7, 11) is 4.15. The minimum atomic E-state index is 0.0362. The maximum absolute atomic E-state index is 5.56. The van der Waals surface area contributed by atoms with Crippen LogP contribution in [-0.2, 0) is 11.3 Å². The molecule has 1 aromatic heterocycles. The van der Waals surface area contributed by atoms with Gasteiger partial charge in [-0.1, -0.05) is 0 Å². The van der Waals surface area contributed by atoms with Crippen molar-refractivity contribution in [3.8, 4) is 0 Å². The Morgan fingerprint density at radius 2 is 2.13 bits per heavy atom. The SMILES string of the molecule is CCNC(=NCC(C)(C)N(C)C)NCCCOCc1ccco1. The average Bonchev–Trinajstić information content (AvgIpc) is 3.01. The molecular formula is C17H32N4O2. The standard InChI is InChI=1S/C17H32N4O2/c1-6-18-16(20-14-17(2,3)21(4)5)19-10-8-11-22-13-15-9-7-12-23-15/h7,9,12H,6,8,10-11,13-14H2,1-5H3,(H2,18,19,20). The highest BCUT2D eigenvalue weighted by molar-refractivity contribution is 5.79. The van der Waals surface area contributed by atoms with Crippen LogP contribution in [0.1, 0.15) is 33.0 Å². The van der Waals surface area contributed by atoms with Gasteiger partial charge in [-0.2, -0.15) is 0 Å². The molecular weight excluding hydrogens is 292 g/mol. The van der Waals surface area contributed by atoms with Gasteiger partial charge in [-0.3, -0.25) is 4.99 Å². The lowest BCUT2D eigenvalue weighted by atomic mass is 10.1. The smallest absolute Gasteiger partial charge is 0.191 e. The van der Waals surface area contributed by atoms with Crippen LogP contribution in [0.4, 0.5) is 0 Å². The lowest BCUT2D eigenvalue weighted by Crippen LogP contribution is -2.44. The van der Waals surface area contributed by atoms with Crippen LogP contribution < -0.4 is 10.6 Å². The van der Waals surface area contributed by atoms with Gasteiger partial charge in [0.05, 0.1) is 12.8 Å². The molecule has 0 aliphatic carbocycles. The van der Waals surface area contributed by atoms with Crippen LogP contribution in [0.15, 0.2) is 27.8 Å². The molecule has 0 saturated heterocycles. The monoisotopic (exact) mass is 324 g/mol.